The van der Waals surface area contributed by atoms with Crippen LogP contribution in [0, 0.1) is 11.8 Å². The molecule has 0 spiro atoms. The Bertz CT molecular complexity index is 274. The SMILES string of the molecule is CC(CC(=O)O)NC(=O)C(C)C1CCOCC1. The predicted molar refractivity (Wildman–Crippen MR) is 62.6 cm³/mol. The first-order valence-corrected chi connectivity index (χ1v) is 6.10. The summed E-state index contributed by atoms with van der Waals surface area (Å²) in [5.74, 6) is -0.668. The minimum absolute atomic E-state index is 0.0355. The topological polar surface area (TPSA) is 75.6 Å². The zero-order valence-electron chi connectivity index (χ0n) is 10.4. The number of carboxylic acids is 1. The van der Waals surface area contributed by atoms with Crippen molar-refractivity contribution in [3.8, 4) is 0 Å². The molecular weight excluding hydrogens is 222 g/mol. The number of amides is 1. The highest BCUT2D eigenvalue weighted by atomic mass is 16.5. The monoisotopic (exact) mass is 243 g/mol. The number of ether oxygens (including phenoxy) is 1. The number of nitrogens with one attached hydrogen (secondary N) is 1. The highest BCUT2D eigenvalue weighted by Crippen LogP contribution is 2.23. The molecule has 0 aromatic carbocycles. The largest absolute Gasteiger partial charge is 0.481 e. The van der Waals surface area contributed by atoms with Crippen molar-refractivity contribution in [3.05, 3.63) is 0 Å². The maximum atomic E-state index is 11.9. The van der Waals surface area contributed by atoms with Gasteiger partial charge in [-0.3, -0.25) is 9.59 Å². The van der Waals surface area contributed by atoms with Gasteiger partial charge in [0.15, 0.2) is 0 Å². The Balaban J connectivity index is 2.37. The van der Waals surface area contributed by atoms with Crippen molar-refractivity contribution < 1.29 is 19.4 Å². The molecule has 0 radical (unpaired) electrons. The van der Waals surface area contributed by atoms with Gasteiger partial charge in [0, 0.05) is 25.2 Å². The van der Waals surface area contributed by atoms with Gasteiger partial charge in [0.05, 0.1) is 6.42 Å². The molecule has 1 saturated heterocycles. The Morgan fingerprint density at radius 1 is 1.35 bits per heavy atom. The summed E-state index contributed by atoms with van der Waals surface area (Å²) in [7, 11) is 0. The maximum Gasteiger partial charge on any atom is 0.305 e. The van der Waals surface area contributed by atoms with Crippen LogP contribution in [0.15, 0.2) is 0 Å². The van der Waals surface area contributed by atoms with E-state index in [2.05, 4.69) is 5.32 Å². The fourth-order valence-electron chi connectivity index (χ4n) is 2.12. The van der Waals surface area contributed by atoms with Crippen LogP contribution in [-0.2, 0) is 14.3 Å². The Labute approximate surface area is 102 Å². The summed E-state index contributed by atoms with van der Waals surface area (Å²) in [6.07, 6.45) is 1.77. The smallest absolute Gasteiger partial charge is 0.305 e. The molecule has 0 aliphatic carbocycles. The molecule has 0 aromatic rings. The Kier molecular flexibility index (Phi) is 5.41. The molecule has 17 heavy (non-hydrogen) atoms. The molecule has 2 unspecified atom stereocenters. The van der Waals surface area contributed by atoms with E-state index >= 15 is 0 Å². The average Bonchev–Trinajstić information content (AvgIpc) is 2.28. The first-order chi connectivity index (χ1) is 8.00. The standard InChI is InChI=1S/C12H21NO4/c1-8(7-11(14)15)13-12(16)9(2)10-3-5-17-6-4-10/h8-10H,3-7H2,1-2H3,(H,13,16)(H,14,15). The van der Waals surface area contributed by atoms with E-state index in [0.29, 0.717) is 19.1 Å². The van der Waals surface area contributed by atoms with E-state index < -0.39 is 5.97 Å². The first kappa shape index (κ1) is 14.0. The second-order valence-electron chi connectivity index (χ2n) is 4.75. The fraction of sp³-hybridized carbons (Fsp3) is 0.833. The molecule has 2 atom stereocenters. The Morgan fingerprint density at radius 3 is 2.47 bits per heavy atom. The molecule has 1 aliphatic heterocycles. The molecule has 0 bridgehead atoms. The lowest BCUT2D eigenvalue weighted by Crippen LogP contribution is -2.40. The lowest BCUT2D eigenvalue weighted by Gasteiger charge is -2.27. The molecule has 5 nitrogen and oxygen atoms in total. The normalized spacial score (nSPS) is 20.6. The van der Waals surface area contributed by atoms with Crippen LogP contribution in [0.2, 0.25) is 0 Å². The zero-order valence-corrected chi connectivity index (χ0v) is 10.4. The molecule has 1 aliphatic rings. The second kappa shape index (κ2) is 6.59. The molecule has 0 aromatic heterocycles. The average molecular weight is 243 g/mol. The second-order valence-corrected chi connectivity index (χ2v) is 4.75. The summed E-state index contributed by atoms with van der Waals surface area (Å²) in [6, 6.07) is -0.317. The van der Waals surface area contributed by atoms with Gasteiger partial charge in [-0.1, -0.05) is 6.92 Å². The third kappa shape index (κ3) is 4.73. The summed E-state index contributed by atoms with van der Waals surface area (Å²) in [4.78, 5) is 22.4. The molecule has 98 valence electrons. The van der Waals surface area contributed by atoms with Gasteiger partial charge < -0.3 is 15.2 Å². The van der Waals surface area contributed by atoms with Crippen LogP contribution in [-0.4, -0.2) is 36.2 Å². The number of carbonyl (C=O) groups excluding carboxylic acids is 1. The van der Waals surface area contributed by atoms with Crippen LogP contribution in [0.3, 0.4) is 0 Å². The van der Waals surface area contributed by atoms with Crippen molar-refractivity contribution in [1.82, 2.24) is 5.32 Å². The van der Waals surface area contributed by atoms with Crippen molar-refractivity contribution in [2.75, 3.05) is 13.2 Å². The van der Waals surface area contributed by atoms with Crippen LogP contribution in [0.5, 0.6) is 0 Å². The summed E-state index contributed by atoms with van der Waals surface area (Å²) in [5.41, 5.74) is 0. The summed E-state index contributed by atoms with van der Waals surface area (Å²) >= 11 is 0. The quantitative estimate of drug-likeness (QED) is 0.756. The van der Waals surface area contributed by atoms with Crippen molar-refractivity contribution in [2.45, 2.75) is 39.2 Å². The van der Waals surface area contributed by atoms with Crippen LogP contribution in [0.1, 0.15) is 33.1 Å². The molecule has 1 amide bonds. The Morgan fingerprint density at radius 2 is 1.94 bits per heavy atom. The van der Waals surface area contributed by atoms with Crippen LogP contribution >= 0.6 is 0 Å². The molecule has 5 heteroatoms. The highest BCUT2D eigenvalue weighted by molar-refractivity contribution is 5.79. The minimum atomic E-state index is -0.892. The van der Waals surface area contributed by atoms with E-state index in [9.17, 15) is 9.59 Å². The molecule has 0 saturated carbocycles. The fourth-order valence-corrected chi connectivity index (χ4v) is 2.12. The van der Waals surface area contributed by atoms with E-state index in [-0.39, 0.29) is 24.3 Å². The third-order valence-electron chi connectivity index (χ3n) is 3.26. The molecular formula is C12H21NO4. The molecule has 1 heterocycles. The van der Waals surface area contributed by atoms with Gasteiger partial charge in [0.2, 0.25) is 5.91 Å². The van der Waals surface area contributed by atoms with Crippen LogP contribution < -0.4 is 5.32 Å². The van der Waals surface area contributed by atoms with E-state index in [1.165, 1.54) is 0 Å². The number of carboxylic acid groups (broad SMARTS) is 1. The van der Waals surface area contributed by atoms with E-state index in [1.807, 2.05) is 6.92 Å². The van der Waals surface area contributed by atoms with Gasteiger partial charge >= 0.3 is 5.97 Å². The summed E-state index contributed by atoms with van der Waals surface area (Å²) in [6.45, 7) is 5.04. The zero-order chi connectivity index (χ0) is 12.8. The van der Waals surface area contributed by atoms with E-state index in [1.54, 1.807) is 6.92 Å². The van der Waals surface area contributed by atoms with Gasteiger partial charge in [0.25, 0.3) is 0 Å². The number of hydrogen-bond acceptors (Lipinski definition) is 3. The highest BCUT2D eigenvalue weighted by Gasteiger charge is 2.26. The van der Waals surface area contributed by atoms with Gasteiger partial charge in [-0.05, 0) is 25.7 Å². The molecule has 1 rings (SSSR count). The van der Waals surface area contributed by atoms with Crippen LogP contribution in [0.25, 0.3) is 0 Å². The predicted octanol–water partition coefficient (Wildman–Crippen LogP) is 1.03. The van der Waals surface area contributed by atoms with E-state index in [4.69, 9.17) is 9.84 Å². The molecule has 1 fully saturated rings. The van der Waals surface area contributed by atoms with Gasteiger partial charge in [-0.25, -0.2) is 0 Å². The van der Waals surface area contributed by atoms with Crippen molar-refractivity contribution >= 4 is 11.9 Å². The van der Waals surface area contributed by atoms with Gasteiger partial charge in [-0.2, -0.15) is 0 Å². The van der Waals surface area contributed by atoms with Crippen molar-refractivity contribution in [1.29, 1.82) is 0 Å². The number of rotatable bonds is 5. The molecule has 2 N–H and O–H groups in total. The third-order valence-corrected chi connectivity index (χ3v) is 3.26. The van der Waals surface area contributed by atoms with Crippen LogP contribution in [0.4, 0.5) is 0 Å². The van der Waals surface area contributed by atoms with Crippen molar-refractivity contribution in [2.24, 2.45) is 11.8 Å². The maximum absolute atomic E-state index is 11.9. The van der Waals surface area contributed by atoms with E-state index in [0.717, 1.165) is 12.8 Å². The number of hydrogen-bond donors (Lipinski definition) is 2. The van der Waals surface area contributed by atoms with Gasteiger partial charge in [0.1, 0.15) is 0 Å². The minimum Gasteiger partial charge on any atom is -0.481 e. The Hall–Kier alpha value is -1.10. The summed E-state index contributed by atoms with van der Waals surface area (Å²) in [5, 5.41) is 11.4. The summed E-state index contributed by atoms with van der Waals surface area (Å²) < 4.78 is 5.25. The van der Waals surface area contributed by atoms with Gasteiger partial charge in [-0.15, -0.1) is 0 Å². The first-order valence-electron chi connectivity index (χ1n) is 6.10. The lowest BCUT2D eigenvalue weighted by atomic mass is 9.86. The number of aliphatic carboxylic acids is 1. The van der Waals surface area contributed by atoms with Crippen molar-refractivity contribution in [3.63, 3.8) is 0 Å². The number of carbonyl (C=O) groups is 2. The lowest BCUT2D eigenvalue weighted by molar-refractivity contribution is -0.137.